The van der Waals surface area contributed by atoms with E-state index in [4.69, 9.17) is 9.26 Å². The number of fused-ring (bicyclic) bond motifs is 1. The number of aromatic amines is 1. The fraction of sp³-hybridized carbons (Fsp3) is 0.368. The highest BCUT2D eigenvalue weighted by Gasteiger charge is 2.35. The Hall–Kier alpha value is -2.80. The lowest BCUT2D eigenvalue weighted by Gasteiger charge is -2.14. The van der Waals surface area contributed by atoms with Crippen LogP contribution in [0.4, 0.5) is 0 Å². The van der Waals surface area contributed by atoms with Crippen LogP contribution in [-0.2, 0) is 6.42 Å². The number of β-amino-alcohol motifs (C(OH)–C–C–N with tert-alkyl or cyclic N) is 1. The second kappa shape index (κ2) is 6.49. The molecule has 2 unspecified atom stereocenters. The second-order valence-electron chi connectivity index (χ2n) is 6.81. The molecule has 0 spiro atoms. The quantitative estimate of drug-likeness (QED) is 0.748. The third-order valence-corrected chi connectivity index (χ3v) is 4.89. The summed E-state index contributed by atoms with van der Waals surface area (Å²) in [6.07, 6.45) is -0.00999. The molecule has 0 bridgehead atoms. The number of aliphatic hydroxyl groups excluding tert-OH is 1. The maximum atomic E-state index is 12.8. The minimum atomic E-state index is -0.575. The smallest absolute Gasteiger partial charge is 0.270 e. The number of H-pyrrole nitrogens is 1. The number of rotatable bonds is 4. The number of aryl methyl sites for hydroxylation is 1. The molecule has 0 radical (unpaired) electrons. The predicted molar refractivity (Wildman–Crippen MR) is 95.2 cm³/mol. The van der Waals surface area contributed by atoms with Gasteiger partial charge in [0.1, 0.15) is 17.2 Å². The van der Waals surface area contributed by atoms with Crippen molar-refractivity contribution < 1.29 is 19.2 Å². The third kappa shape index (κ3) is 3.06. The van der Waals surface area contributed by atoms with Crippen LogP contribution in [-0.4, -0.2) is 52.4 Å². The van der Waals surface area contributed by atoms with E-state index in [9.17, 15) is 9.90 Å². The number of benzene rings is 1. The van der Waals surface area contributed by atoms with E-state index >= 15 is 0 Å². The van der Waals surface area contributed by atoms with Gasteiger partial charge in [0, 0.05) is 42.4 Å². The molecule has 0 saturated carbocycles. The summed E-state index contributed by atoms with van der Waals surface area (Å²) in [4.78, 5) is 17.7. The molecule has 7 heteroatoms. The zero-order valence-corrected chi connectivity index (χ0v) is 14.7. The van der Waals surface area contributed by atoms with Crippen molar-refractivity contribution in [2.24, 2.45) is 5.92 Å². The van der Waals surface area contributed by atoms with Crippen molar-refractivity contribution >= 4 is 16.8 Å². The van der Waals surface area contributed by atoms with Gasteiger partial charge >= 0.3 is 0 Å². The number of nitrogens with one attached hydrogen (secondary N) is 1. The number of aromatic nitrogens is 2. The number of carbonyl (C=O) groups excluding carboxylic acids is 1. The van der Waals surface area contributed by atoms with E-state index < -0.39 is 6.10 Å². The van der Waals surface area contributed by atoms with Crippen LogP contribution in [0.3, 0.4) is 0 Å². The van der Waals surface area contributed by atoms with E-state index in [0.717, 1.165) is 28.1 Å². The van der Waals surface area contributed by atoms with E-state index in [2.05, 4.69) is 10.1 Å². The van der Waals surface area contributed by atoms with Crippen LogP contribution in [0.2, 0.25) is 0 Å². The summed E-state index contributed by atoms with van der Waals surface area (Å²) in [5.74, 6) is 1.30. The van der Waals surface area contributed by atoms with Gasteiger partial charge in [-0.05, 0) is 31.2 Å². The Bertz CT molecular complexity index is 945. The largest absolute Gasteiger partial charge is 0.497 e. The fourth-order valence-corrected chi connectivity index (χ4v) is 3.51. The maximum Gasteiger partial charge on any atom is 0.270 e. The lowest BCUT2D eigenvalue weighted by Crippen LogP contribution is -2.29. The SMILES string of the molecule is COc1ccc2[nH]c(C(=O)N3CC(O)C(Cc4cc(C)no4)C3)cc2c1. The van der Waals surface area contributed by atoms with Crippen molar-refractivity contribution in [1.29, 1.82) is 0 Å². The van der Waals surface area contributed by atoms with Crippen molar-refractivity contribution in [3.05, 3.63) is 47.5 Å². The van der Waals surface area contributed by atoms with Gasteiger partial charge in [0.15, 0.2) is 0 Å². The van der Waals surface area contributed by atoms with Gasteiger partial charge < -0.3 is 24.3 Å². The summed E-state index contributed by atoms with van der Waals surface area (Å²) in [5.41, 5.74) is 2.20. The predicted octanol–water partition coefficient (Wildman–Crippen LogP) is 2.15. The molecule has 1 aliphatic heterocycles. The number of carbonyl (C=O) groups is 1. The van der Waals surface area contributed by atoms with Crippen molar-refractivity contribution in [2.45, 2.75) is 19.4 Å². The number of hydrogen-bond donors (Lipinski definition) is 2. The molecule has 4 rings (SSSR count). The van der Waals surface area contributed by atoms with E-state index in [-0.39, 0.29) is 11.8 Å². The molecule has 2 N–H and O–H groups in total. The first kappa shape index (κ1) is 16.7. The summed E-state index contributed by atoms with van der Waals surface area (Å²) in [5, 5.41) is 15.1. The van der Waals surface area contributed by atoms with Gasteiger partial charge in [0.25, 0.3) is 5.91 Å². The molecular weight excluding hydrogens is 334 g/mol. The van der Waals surface area contributed by atoms with Crippen LogP contribution in [0.5, 0.6) is 5.75 Å². The number of nitrogens with zero attached hydrogens (tertiary/aromatic N) is 2. The third-order valence-electron chi connectivity index (χ3n) is 4.89. The first-order valence-electron chi connectivity index (χ1n) is 8.60. The summed E-state index contributed by atoms with van der Waals surface area (Å²) in [7, 11) is 1.61. The molecular formula is C19H21N3O4. The summed E-state index contributed by atoms with van der Waals surface area (Å²) in [6.45, 7) is 2.66. The zero-order chi connectivity index (χ0) is 18.3. The van der Waals surface area contributed by atoms with Crippen molar-refractivity contribution in [1.82, 2.24) is 15.0 Å². The Morgan fingerprint density at radius 1 is 1.38 bits per heavy atom. The van der Waals surface area contributed by atoms with Crippen LogP contribution < -0.4 is 4.74 Å². The molecule has 1 saturated heterocycles. The molecule has 1 aromatic carbocycles. The number of amides is 1. The molecule has 2 atom stereocenters. The molecule has 0 aliphatic carbocycles. The topological polar surface area (TPSA) is 91.6 Å². The molecule has 1 fully saturated rings. The molecule has 1 amide bonds. The molecule has 2 aromatic heterocycles. The van der Waals surface area contributed by atoms with Gasteiger partial charge in [-0.2, -0.15) is 0 Å². The van der Waals surface area contributed by atoms with Crippen LogP contribution in [0.1, 0.15) is 21.9 Å². The molecule has 136 valence electrons. The van der Waals surface area contributed by atoms with Crippen molar-refractivity contribution in [3.63, 3.8) is 0 Å². The monoisotopic (exact) mass is 355 g/mol. The highest BCUT2D eigenvalue weighted by Crippen LogP contribution is 2.26. The van der Waals surface area contributed by atoms with Gasteiger partial charge in [-0.15, -0.1) is 0 Å². The van der Waals surface area contributed by atoms with Gasteiger partial charge in [-0.3, -0.25) is 4.79 Å². The zero-order valence-electron chi connectivity index (χ0n) is 14.7. The normalized spacial score (nSPS) is 20.0. The molecule has 3 aromatic rings. The Balaban J connectivity index is 1.49. The van der Waals surface area contributed by atoms with Crippen LogP contribution in [0.15, 0.2) is 34.9 Å². The van der Waals surface area contributed by atoms with Crippen LogP contribution in [0.25, 0.3) is 10.9 Å². The van der Waals surface area contributed by atoms with Gasteiger partial charge in [-0.25, -0.2) is 0 Å². The highest BCUT2D eigenvalue weighted by atomic mass is 16.5. The second-order valence-corrected chi connectivity index (χ2v) is 6.81. The first-order valence-corrected chi connectivity index (χ1v) is 8.60. The Morgan fingerprint density at radius 2 is 2.23 bits per heavy atom. The number of likely N-dealkylation sites (tertiary alicyclic amines) is 1. The lowest BCUT2D eigenvalue weighted by molar-refractivity contribution is 0.0760. The fourth-order valence-electron chi connectivity index (χ4n) is 3.51. The number of methoxy groups -OCH3 is 1. The number of aliphatic hydroxyl groups is 1. The van der Waals surface area contributed by atoms with Crippen molar-refractivity contribution in [3.8, 4) is 5.75 Å². The molecule has 1 aliphatic rings. The summed E-state index contributed by atoms with van der Waals surface area (Å²) in [6, 6.07) is 9.30. The summed E-state index contributed by atoms with van der Waals surface area (Å²) >= 11 is 0. The minimum absolute atomic E-state index is 0.0595. The summed E-state index contributed by atoms with van der Waals surface area (Å²) < 4.78 is 10.5. The van der Waals surface area contributed by atoms with Crippen LogP contribution >= 0.6 is 0 Å². The van der Waals surface area contributed by atoms with Gasteiger partial charge in [0.2, 0.25) is 0 Å². The molecule has 7 nitrogen and oxygen atoms in total. The Labute approximate surface area is 150 Å². The molecule has 3 heterocycles. The standard InChI is InChI=1S/C19H21N3O4/c1-11-5-15(26-21-11)7-13-9-22(10-18(13)23)19(24)17-8-12-6-14(25-2)3-4-16(12)20-17/h3-6,8,13,18,20,23H,7,9-10H2,1-2H3. The Kier molecular flexibility index (Phi) is 4.16. The van der Waals surface area contributed by atoms with E-state index in [1.54, 1.807) is 12.0 Å². The first-order chi connectivity index (χ1) is 12.5. The highest BCUT2D eigenvalue weighted by molar-refractivity contribution is 5.98. The lowest BCUT2D eigenvalue weighted by atomic mass is 10.0. The molecule has 26 heavy (non-hydrogen) atoms. The van der Waals surface area contributed by atoms with E-state index in [0.29, 0.717) is 25.2 Å². The average Bonchev–Trinajstić information content (AvgIpc) is 3.33. The average molecular weight is 355 g/mol. The Morgan fingerprint density at radius 3 is 2.96 bits per heavy atom. The minimum Gasteiger partial charge on any atom is -0.497 e. The van der Waals surface area contributed by atoms with Gasteiger partial charge in [-0.1, -0.05) is 5.16 Å². The van der Waals surface area contributed by atoms with E-state index in [1.165, 1.54) is 0 Å². The van der Waals surface area contributed by atoms with Gasteiger partial charge in [0.05, 0.1) is 18.9 Å². The van der Waals surface area contributed by atoms with E-state index in [1.807, 2.05) is 37.3 Å². The van der Waals surface area contributed by atoms with Crippen molar-refractivity contribution in [2.75, 3.05) is 20.2 Å². The number of hydrogen-bond acceptors (Lipinski definition) is 5. The van der Waals surface area contributed by atoms with Crippen LogP contribution in [0, 0.1) is 12.8 Å². The number of ether oxygens (including phenoxy) is 1. The maximum absolute atomic E-state index is 12.8.